The van der Waals surface area contributed by atoms with E-state index < -0.39 is 33.0 Å². The Morgan fingerprint density at radius 2 is 2.00 bits per heavy atom. The van der Waals surface area contributed by atoms with E-state index in [1.54, 1.807) is 30.3 Å². The second-order valence-electron chi connectivity index (χ2n) is 5.23. The van der Waals surface area contributed by atoms with E-state index >= 15 is 0 Å². The van der Waals surface area contributed by atoms with Gasteiger partial charge in [0.2, 0.25) is 0 Å². The van der Waals surface area contributed by atoms with E-state index in [1.165, 1.54) is 13.8 Å². The quantitative estimate of drug-likeness (QED) is 0.815. The topological polar surface area (TPSA) is 95.7 Å². The highest BCUT2D eigenvalue weighted by Crippen LogP contribution is 2.39. The van der Waals surface area contributed by atoms with Crippen LogP contribution in [0, 0.1) is 0 Å². The first-order valence-corrected chi connectivity index (χ1v) is 8.19. The van der Waals surface area contributed by atoms with Gasteiger partial charge in [-0.15, -0.1) is 0 Å². The van der Waals surface area contributed by atoms with Gasteiger partial charge >= 0.3 is 0 Å². The van der Waals surface area contributed by atoms with Crippen LogP contribution in [0.5, 0.6) is 0 Å². The van der Waals surface area contributed by atoms with Gasteiger partial charge < -0.3 is 10.5 Å². The van der Waals surface area contributed by atoms with Crippen molar-refractivity contribution < 1.29 is 22.1 Å². The molecule has 0 saturated carbocycles. The van der Waals surface area contributed by atoms with Crippen molar-refractivity contribution in [3.63, 3.8) is 0 Å². The molecule has 7 heteroatoms. The lowest BCUT2D eigenvalue weighted by Crippen LogP contribution is -2.50. The fourth-order valence-electron chi connectivity index (χ4n) is 2.34. The van der Waals surface area contributed by atoms with Crippen molar-refractivity contribution in [1.29, 1.82) is 0 Å². The second-order valence-corrected chi connectivity index (χ2v) is 7.35. The number of amides is 1. The van der Waals surface area contributed by atoms with Crippen LogP contribution in [0.1, 0.15) is 25.8 Å². The van der Waals surface area contributed by atoms with Crippen LogP contribution in [0.25, 0.3) is 0 Å². The number of benzene rings is 1. The van der Waals surface area contributed by atoms with E-state index in [0.29, 0.717) is 5.56 Å². The predicted molar refractivity (Wildman–Crippen MR) is 76.8 cm³/mol. The monoisotopic (exact) mass is 313 g/mol. The van der Waals surface area contributed by atoms with Gasteiger partial charge in [-0.3, -0.25) is 8.98 Å². The molecule has 116 valence electrons. The normalized spacial score (nSPS) is 26.1. The summed E-state index contributed by atoms with van der Waals surface area (Å²) in [6, 6.07) is 8.60. The molecule has 1 amide bonds. The van der Waals surface area contributed by atoms with Crippen molar-refractivity contribution in [3.8, 4) is 0 Å². The maximum absolute atomic E-state index is 12.0. The van der Waals surface area contributed by atoms with Crippen LogP contribution in [0.15, 0.2) is 30.3 Å². The molecule has 2 unspecified atom stereocenters. The van der Waals surface area contributed by atoms with Gasteiger partial charge in [-0.1, -0.05) is 30.3 Å². The lowest BCUT2D eigenvalue weighted by molar-refractivity contribution is -0.146. The van der Waals surface area contributed by atoms with Gasteiger partial charge in [0, 0.05) is 6.42 Å². The Morgan fingerprint density at radius 3 is 2.52 bits per heavy atom. The fourth-order valence-corrected chi connectivity index (χ4v) is 3.12. The summed E-state index contributed by atoms with van der Waals surface area (Å²) in [6.07, 6.45) is -0.672. The summed E-state index contributed by atoms with van der Waals surface area (Å²) in [5.41, 5.74) is 4.44. The van der Waals surface area contributed by atoms with Crippen LogP contribution < -0.4 is 5.73 Å². The maximum atomic E-state index is 12.0. The number of carbonyl (C=O) groups is 1. The first kappa shape index (κ1) is 15.9. The van der Waals surface area contributed by atoms with Crippen LogP contribution in [0.4, 0.5) is 0 Å². The summed E-state index contributed by atoms with van der Waals surface area (Å²) in [6.45, 7) is 3.23. The molecule has 1 saturated heterocycles. The molecular formula is C14H19NO5S. The zero-order valence-electron chi connectivity index (χ0n) is 12.0. The molecule has 0 bridgehead atoms. The molecule has 1 aromatic rings. The molecule has 1 heterocycles. The highest BCUT2D eigenvalue weighted by molar-refractivity contribution is 7.87. The minimum Gasteiger partial charge on any atom is -0.367 e. The Labute approximate surface area is 124 Å². The molecule has 21 heavy (non-hydrogen) atoms. The Bertz CT molecular complexity index is 614. The van der Waals surface area contributed by atoms with Gasteiger partial charge in [-0.25, -0.2) is 0 Å². The van der Waals surface area contributed by atoms with Crippen LogP contribution in [-0.2, 0) is 29.4 Å². The summed E-state index contributed by atoms with van der Waals surface area (Å²) in [5, 5.41) is -0.709. The Hall–Kier alpha value is -1.44. The van der Waals surface area contributed by atoms with Crippen LogP contribution in [0.2, 0.25) is 0 Å². The van der Waals surface area contributed by atoms with Crippen molar-refractivity contribution in [2.45, 2.75) is 37.2 Å². The third-order valence-corrected chi connectivity index (χ3v) is 5.21. The number of primary amides is 1. The van der Waals surface area contributed by atoms with Crippen molar-refractivity contribution in [2.75, 3.05) is 6.61 Å². The lowest BCUT2D eigenvalue weighted by atomic mass is 9.88. The summed E-state index contributed by atoms with van der Waals surface area (Å²) in [5.74, 6) is -0.754. The molecule has 1 aromatic carbocycles. The Balaban J connectivity index is 2.44. The molecule has 0 aliphatic carbocycles. The first-order valence-electron chi connectivity index (χ1n) is 6.72. The second kappa shape index (κ2) is 5.75. The molecule has 1 aliphatic rings. The zero-order valence-corrected chi connectivity index (χ0v) is 12.8. The van der Waals surface area contributed by atoms with Gasteiger partial charge in [-0.2, -0.15) is 8.42 Å². The standard InChI is InChI=1S/C14H19NO5S/c1-10(2)21(17,18)20-12-8-9-19-14(12,13(15)16)11-6-4-3-5-7-11/h3-7,10,12H,8-9H2,1-2H3,(H2,15,16). The summed E-state index contributed by atoms with van der Waals surface area (Å²) < 4.78 is 34.8. The highest BCUT2D eigenvalue weighted by atomic mass is 32.2. The van der Waals surface area contributed by atoms with E-state index in [4.69, 9.17) is 14.7 Å². The molecule has 2 atom stereocenters. The average Bonchev–Trinajstić information content (AvgIpc) is 2.83. The minimum absolute atomic E-state index is 0.204. The predicted octanol–water partition coefficient (Wildman–Crippen LogP) is 0.911. The van der Waals surface area contributed by atoms with E-state index in [1.807, 2.05) is 0 Å². The first-order chi connectivity index (χ1) is 9.80. The number of nitrogens with two attached hydrogens (primary N) is 1. The number of ether oxygens (including phenoxy) is 1. The number of hydrogen-bond acceptors (Lipinski definition) is 5. The number of rotatable bonds is 5. The van der Waals surface area contributed by atoms with Crippen molar-refractivity contribution in [2.24, 2.45) is 5.73 Å². The molecule has 1 fully saturated rings. The molecule has 2 rings (SSSR count). The van der Waals surface area contributed by atoms with Crippen molar-refractivity contribution >= 4 is 16.0 Å². The van der Waals surface area contributed by atoms with Gasteiger partial charge in [-0.05, 0) is 19.4 Å². The molecule has 0 aromatic heterocycles. The van der Waals surface area contributed by atoms with E-state index in [-0.39, 0.29) is 13.0 Å². The van der Waals surface area contributed by atoms with Crippen LogP contribution in [-0.4, -0.2) is 32.3 Å². The minimum atomic E-state index is -3.78. The summed E-state index contributed by atoms with van der Waals surface area (Å²) in [7, 11) is -3.78. The van der Waals surface area contributed by atoms with Crippen LogP contribution in [0.3, 0.4) is 0 Å². The average molecular weight is 313 g/mol. The molecule has 2 N–H and O–H groups in total. The van der Waals surface area contributed by atoms with E-state index in [0.717, 1.165) is 0 Å². The van der Waals surface area contributed by atoms with E-state index in [9.17, 15) is 13.2 Å². The molecular weight excluding hydrogens is 294 g/mol. The third-order valence-electron chi connectivity index (χ3n) is 3.56. The molecule has 1 aliphatic heterocycles. The van der Waals surface area contributed by atoms with Crippen molar-refractivity contribution in [1.82, 2.24) is 0 Å². The van der Waals surface area contributed by atoms with Gasteiger partial charge in [0.15, 0.2) is 5.60 Å². The van der Waals surface area contributed by atoms with Crippen LogP contribution >= 0.6 is 0 Å². The van der Waals surface area contributed by atoms with Gasteiger partial charge in [0.05, 0.1) is 11.9 Å². The SMILES string of the molecule is CC(C)S(=O)(=O)OC1CCOC1(C(N)=O)c1ccccc1. The highest BCUT2D eigenvalue weighted by Gasteiger charge is 2.53. The van der Waals surface area contributed by atoms with Gasteiger partial charge in [0.25, 0.3) is 16.0 Å². The third kappa shape index (κ3) is 2.81. The number of hydrogen-bond donors (Lipinski definition) is 1. The molecule has 0 spiro atoms. The zero-order chi connectivity index (χ0) is 15.7. The van der Waals surface area contributed by atoms with Gasteiger partial charge in [0.1, 0.15) is 6.10 Å². The van der Waals surface area contributed by atoms with Crippen molar-refractivity contribution in [3.05, 3.63) is 35.9 Å². The fraction of sp³-hybridized carbons (Fsp3) is 0.500. The summed E-state index contributed by atoms with van der Waals surface area (Å²) in [4.78, 5) is 12.0. The Kier molecular flexibility index (Phi) is 4.36. The number of carbonyl (C=O) groups excluding carboxylic acids is 1. The molecule has 0 radical (unpaired) electrons. The van der Waals surface area contributed by atoms with E-state index in [2.05, 4.69) is 0 Å². The summed E-state index contributed by atoms with van der Waals surface area (Å²) >= 11 is 0. The Morgan fingerprint density at radius 1 is 1.38 bits per heavy atom. The lowest BCUT2D eigenvalue weighted by Gasteiger charge is -2.31. The maximum Gasteiger partial charge on any atom is 0.270 e. The molecule has 6 nitrogen and oxygen atoms in total. The smallest absolute Gasteiger partial charge is 0.270 e. The largest absolute Gasteiger partial charge is 0.367 e.